The maximum atomic E-state index is 12.9. The lowest BCUT2D eigenvalue weighted by Crippen LogP contribution is -2.41. The first kappa shape index (κ1) is 17.4. The van der Waals surface area contributed by atoms with Gasteiger partial charge in [-0.1, -0.05) is 35.9 Å². The molecule has 0 spiro atoms. The largest absolute Gasteiger partial charge is 0.387 e. The number of nitrogens with one attached hydrogen (secondary N) is 1. The minimum Gasteiger partial charge on any atom is -0.387 e. The number of benzene rings is 2. The molecule has 2 rings (SSSR count). The zero-order valence-electron chi connectivity index (χ0n) is 13.0. The van der Waals surface area contributed by atoms with Gasteiger partial charge in [0.25, 0.3) is 0 Å². The van der Waals surface area contributed by atoms with Gasteiger partial charge in [0, 0.05) is 11.6 Å². The number of halogens is 2. The van der Waals surface area contributed by atoms with Crippen LogP contribution in [0, 0.1) is 5.82 Å². The van der Waals surface area contributed by atoms with Crippen molar-refractivity contribution >= 4 is 17.5 Å². The van der Waals surface area contributed by atoms with Crippen LogP contribution in [0.1, 0.15) is 31.1 Å². The van der Waals surface area contributed by atoms with Gasteiger partial charge in [0.1, 0.15) is 5.82 Å². The van der Waals surface area contributed by atoms with Crippen LogP contribution in [-0.4, -0.2) is 17.6 Å². The van der Waals surface area contributed by atoms with Crippen LogP contribution >= 0.6 is 11.6 Å². The minimum atomic E-state index is -0.894. The van der Waals surface area contributed by atoms with E-state index in [9.17, 15) is 14.3 Å². The molecule has 1 atom stereocenters. The van der Waals surface area contributed by atoms with E-state index in [1.165, 1.54) is 24.3 Å². The summed E-state index contributed by atoms with van der Waals surface area (Å²) in [4.78, 5) is 12.4. The quantitative estimate of drug-likeness (QED) is 0.877. The lowest BCUT2D eigenvalue weighted by atomic mass is 9.83. The number of hydrogen-bond acceptors (Lipinski definition) is 2. The Hall–Kier alpha value is -1.91. The molecule has 0 aliphatic carbocycles. The van der Waals surface area contributed by atoms with Crippen molar-refractivity contribution in [1.29, 1.82) is 0 Å². The number of aliphatic hydroxyl groups is 1. The molecule has 1 unspecified atom stereocenters. The normalized spacial score (nSPS) is 12.7. The van der Waals surface area contributed by atoms with E-state index in [0.29, 0.717) is 10.6 Å². The van der Waals surface area contributed by atoms with Gasteiger partial charge in [-0.15, -0.1) is 0 Å². The zero-order valence-corrected chi connectivity index (χ0v) is 13.8. The summed E-state index contributed by atoms with van der Waals surface area (Å²) in [6.45, 7) is 3.63. The number of aliphatic hydroxyl groups excluding tert-OH is 1. The van der Waals surface area contributed by atoms with Crippen molar-refractivity contribution < 1.29 is 14.3 Å². The maximum Gasteiger partial charge on any atom is 0.230 e. The molecule has 3 nitrogen and oxygen atoms in total. The van der Waals surface area contributed by atoms with Crippen LogP contribution in [0.5, 0.6) is 0 Å². The lowest BCUT2D eigenvalue weighted by Gasteiger charge is -2.25. The Bertz CT molecular complexity index is 686. The highest BCUT2D eigenvalue weighted by molar-refractivity contribution is 6.30. The molecule has 2 N–H and O–H groups in total. The first-order chi connectivity index (χ1) is 10.8. The first-order valence-corrected chi connectivity index (χ1v) is 7.66. The molecule has 0 bridgehead atoms. The van der Waals surface area contributed by atoms with Crippen molar-refractivity contribution in [2.24, 2.45) is 0 Å². The molecular weight excluding hydrogens is 317 g/mol. The summed E-state index contributed by atoms with van der Waals surface area (Å²) in [6, 6.07) is 12.7. The minimum absolute atomic E-state index is 0.0501. The third-order valence-electron chi connectivity index (χ3n) is 3.82. The Morgan fingerprint density at radius 3 is 2.52 bits per heavy atom. The summed E-state index contributed by atoms with van der Waals surface area (Å²) in [6.07, 6.45) is -0.894. The van der Waals surface area contributed by atoms with E-state index >= 15 is 0 Å². The average molecular weight is 336 g/mol. The maximum absolute atomic E-state index is 12.9. The van der Waals surface area contributed by atoms with Gasteiger partial charge in [0.15, 0.2) is 0 Å². The van der Waals surface area contributed by atoms with Crippen molar-refractivity contribution in [3.8, 4) is 0 Å². The van der Waals surface area contributed by atoms with Crippen LogP contribution in [-0.2, 0) is 10.2 Å². The standard InChI is InChI=1S/C18H19ClFNO2/c1-18(2,13-4-3-5-14(19)10-13)17(23)21-11-16(22)12-6-8-15(20)9-7-12/h3-10,16,22H,11H2,1-2H3,(H,21,23). The molecule has 0 saturated carbocycles. The average Bonchev–Trinajstić information content (AvgIpc) is 2.52. The predicted octanol–water partition coefficient (Wildman–Crippen LogP) is 3.61. The van der Waals surface area contributed by atoms with Gasteiger partial charge in [-0.05, 0) is 49.2 Å². The SMILES string of the molecule is CC(C)(C(=O)NCC(O)c1ccc(F)cc1)c1cccc(Cl)c1. The number of carbonyl (C=O) groups is 1. The number of rotatable bonds is 5. The molecule has 0 heterocycles. The highest BCUT2D eigenvalue weighted by Gasteiger charge is 2.30. The molecule has 23 heavy (non-hydrogen) atoms. The number of carbonyl (C=O) groups excluding carboxylic acids is 1. The second-order valence-corrected chi connectivity index (χ2v) is 6.35. The molecule has 1 amide bonds. The van der Waals surface area contributed by atoms with Gasteiger partial charge in [-0.3, -0.25) is 4.79 Å². The Morgan fingerprint density at radius 2 is 1.91 bits per heavy atom. The molecular formula is C18H19ClFNO2. The molecule has 0 fully saturated rings. The van der Waals surface area contributed by atoms with E-state index in [-0.39, 0.29) is 18.3 Å². The van der Waals surface area contributed by atoms with E-state index in [0.717, 1.165) is 5.56 Å². The molecule has 0 aromatic heterocycles. The monoisotopic (exact) mass is 335 g/mol. The molecule has 2 aromatic carbocycles. The van der Waals surface area contributed by atoms with Gasteiger partial charge in [0.2, 0.25) is 5.91 Å². The highest BCUT2D eigenvalue weighted by atomic mass is 35.5. The summed E-state index contributed by atoms with van der Waals surface area (Å²) < 4.78 is 12.9. The highest BCUT2D eigenvalue weighted by Crippen LogP contribution is 2.26. The second-order valence-electron chi connectivity index (χ2n) is 5.91. The van der Waals surface area contributed by atoms with E-state index in [1.807, 2.05) is 6.07 Å². The lowest BCUT2D eigenvalue weighted by molar-refractivity contribution is -0.126. The third-order valence-corrected chi connectivity index (χ3v) is 4.06. The van der Waals surface area contributed by atoms with Crippen molar-refractivity contribution in [2.45, 2.75) is 25.4 Å². The fourth-order valence-corrected chi connectivity index (χ4v) is 2.41. The van der Waals surface area contributed by atoms with Crippen molar-refractivity contribution in [3.63, 3.8) is 0 Å². The summed E-state index contributed by atoms with van der Waals surface area (Å²) in [7, 11) is 0. The van der Waals surface area contributed by atoms with Gasteiger partial charge >= 0.3 is 0 Å². The zero-order chi connectivity index (χ0) is 17.0. The summed E-state index contributed by atoms with van der Waals surface area (Å²) >= 11 is 5.97. The van der Waals surface area contributed by atoms with Crippen molar-refractivity contribution in [2.75, 3.05) is 6.54 Å². The van der Waals surface area contributed by atoms with Crippen LogP contribution in [0.15, 0.2) is 48.5 Å². The Labute approximate surface area is 140 Å². The summed E-state index contributed by atoms with van der Waals surface area (Å²) in [5.74, 6) is -0.590. The molecule has 0 aliphatic rings. The Kier molecular flexibility index (Phi) is 5.39. The predicted molar refractivity (Wildman–Crippen MR) is 88.8 cm³/mol. The molecule has 0 radical (unpaired) electrons. The van der Waals surface area contributed by atoms with Gasteiger partial charge in [-0.25, -0.2) is 4.39 Å². The van der Waals surface area contributed by atoms with Gasteiger partial charge < -0.3 is 10.4 Å². The van der Waals surface area contributed by atoms with Crippen LogP contribution < -0.4 is 5.32 Å². The first-order valence-electron chi connectivity index (χ1n) is 7.28. The second kappa shape index (κ2) is 7.11. The van der Waals surface area contributed by atoms with Crippen molar-refractivity contribution in [3.05, 3.63) is 70.5 Å². The summed E-state index contributed by atoms with van der Waals surface area (Å²) in [5, 5.41) is 13.4. The van der Waals surface area contributed by atoms with Crippen LogP contribution in [0.25, 0.3) is 0 Å². The van der Waals surface area contributed by atoms with Crippen LogP contribution in [0.3, 0.4) is 0 Å². The molecule has 122 valence electrons. The van der Waals surface area contributed by atoms with Gasteiger partial charge in [0.05, 0.1) is 11.5 Å². The topological polar surface area (TPSA) is 49.3 Å². The van der Waals surface area contributed by atoms with Gasteiger partial charge in [-0.2, -0.15) is 0 Å². The van der Waals surface area contributed by atoms with E-state index in [1.54, 1.807) is 32.0 Å². The summed E-state index contributed by atoms with van der Waals surface area (Å²) in [5.41, 5.74) is 0.555. The number of amides is 1. The molecule has 5 heteroatoms. The molecule has 0 aliphatic heterocycles. The van der Waals surface area contributed by atoms with E-state index in [4.69, 9.17) is 11.6 Å². The third kappa shape index (κ3) is 4.30. The fourth-order valence-electron chi connectivity index (χ4n) is 2.22. The molecule has 0 saturated heterocycles. The Balaban J connectivity index is 2.02. The fraction of sp³-hybridized carbons (Fsp3) is 0.278. The smallest absolute Gasteiger partial charge is 0.230 e. The number of hydrogen-bond donors (Lipinski definition) is 2. The van der Waals surface area contributed by atoms with E-state index in [2.05, 4.69) is 5.32 Å². The Morgan fingerprint density at radius 1 is 1.26 bits per heavy atom. The molecule has 2 aromatic rings. The van der Waals surface area contributed by atoms with Crippen molar-refractivity contribution in [1.82, 2.24) is 5.32 Å². The van der Waals surface area contributed by atoms with E-state index < -0.39 is 11.5 Å². The van der Waals surface area contributed by atoms with Crippen LogP contribution in [0.4, 0.5) is 4.39 Å². The van der Waals surface area contributed by atoms with Crippen LogP contribution in [0.2, 0.25) is 5.02 Å².